The number of nitrogens with zero attached hydrogens (tertiary/aromatic N) is 2. The van der Waals surface area contributed by atoms with Crippen molar-refractivity contribution in [3.8, 4) is 0 Å². The average Bonchev–Trinajstić information content (AvgIpc) is 2.77. The summed E-state index contributed by atoms with van der Waals surface area (Å²) in [6, 6.07) is 1.61. The quantitative estimate of drug-likeness (QED) is 0.859. The molecule has 0 saturated heterocycles. The highest BCUT2D eigenvalue weighted by Gasteiger charge is 2.28. The standard InChI is InChI=1S/C14H23N3O4/c1-10-8-11(16-21-10)15-12(18)9-17(6-7-20-5)13(19)14(2,3)4/h8H,6-7,9H2,1-5H3,(H,15,16,18). The van der Waals surface area contributed by atoms with Gasteiger partial charge in [0.1, 0.15) is 12.3 Å². The van der Waals surface area contributed by atoms with Crippen LogP contribution < -0.4 is 5.32 Å². The first-order valence-electron chi connectivity index (χ1n) is 6.75. The largest absolute Gasteiger partial charge is 0.383 e. The molecule has 21 heavy (non-hydrogen) atoms. The molecule has 0 aromatic carbocycles. The normalized spacial score (nSPS) is 11.3. The van der Waals surface area contributed by atoms with Crippen molar-refractivity contribution in [3.63, 3.8) is 0 Å². The van der Waals surface area contributed by atoms with E-state index in [0.29, 0.717) is 24.7 Å². The van der Waals surface area contributed by atoms with E-state index in [-0.39, 0.29) is 18.4 Å². The molecule has 1 aromatic heterocycles. The fraction of sp³-hybridized carbons (Fsp3) is 0.643. The molecule has 0 atom stereocenters. The Labute approximate surface area is 124 Å². The zero-order valence-electron chi connectivity index (χ0n) is 13.2. The SMILES string of the molecule is COCCN(CC(=O)Nc1cc(C)on1)C(=O)C(C)(C)C. The highest BCUT2D eigenvalue weighted by molar-refractivity contribution is 5.94. The molecule has 7 nitrogen and oxygen atoms in total. The van der Waals surface area contributed by atoms with E-state index >= 15 is 0 Å². The molecule has 118 valence electrons. The summed E-state index contributed by atoms with van der Waals surface area (Å²) in [5, 5.41) is 6.28. The van der Waals surface area contributed by atoms with E-state index in [1.54, 1.807) is 20.1 Å². The van der Waals surface area contributed by atoms with Crippen molar-refractivity contribution in [2.24, 2.45) is 5.41 Å². The summed E-state index contributed by atoms with van der Waals surface area (Å²) in [4.78, 5) is 25.8. The van der Waals surface area contributed by atoms with Crippen LogP contribution in [0.2, 0.25) is 0 Å². The van der Waals surface area contributed by atoms with Crippen molar-refractivity contribution in [1.82, 2.24) is 10.1 Å². The number of carbonyl (C=O) groups is 2. The van der Waals surface area contributed by atoms with Gasteiger partial charge in [-0.05, 0) is 6.92 Å². The van der Waals surface area contributed by atoms with Gasteiger partial charge in [-0.25, -0.2) is 0 Å². The summed E-state index contributed by atoms with van der Waals surface area (Å²) in [7, 11) is 1.55. The van der Waals surface area contributed by atoms with E-state index < -0.39 is 5.41 Å². The van der Waals surface area contributed by atoms with Gasteiger partial charge >= 0.3 is 0 Å². The molecule has 0 aliphatic carbocycles. The molecule has 1 rings (SSSR count). The Kier molecular flexibility index (Phi) is 5.90. The number of hydrogen-bond acceptors (Lipinski definition) is 5. The lowest BCUT2D eigenvalue weighted by Crippen LogP contribution is -2.45. The number of aryl methyl sites for hydroxylation is 1. The number of carbonyl (C=O) groups excluding carboxylic acids is 2. The highest BCUT2D eigenvalue weighted by atomic mass is 16.5. The molecule has 1 N–H and O–H groups in total. The molecule has 0 saturated carbocycles. The Morgan fingerprint density at radius 3 is 2.57 bits per heavy atom. The smallest absolute Gasteiger partial charge is 0.245 e. The first kappa shape index (κ1) is 17.2. The number of nitrogens with one attached hydrogen (secondary N) is 1. The summed E-state index contributed by atoms with van der Waals surface area (Å²) < 4.78 is 9.86. The van der Waals surface area contributed by atoms with Gasteiger partial charge in [0, 0.05) is 25.1 Å². The highest BCUT2D eigenvalue weighted by Crippen LogP contribution is 2.17. The van der Waals surface area contributed by atoms with E-state index in [1.165, 1.54) is 4.90 Å². The summed E-state index contributed by atoms with van der Waals surface area (Å²) in [6.07, 6.45) is 0. The number of methoxy groups -OCH3 is 1. The van der Waals surface area contributed by atoms with Crippen LogP contribution in [0.15, 0.2) is 10.6 Å². The van der Waals surface area contributed by atoms with Gasteiger partial charge in [0.05, 0.1) is 6.61 Å². The van der Waals surface area contributed by atoms with Gasteiger partial charge in [-0.15, -0.1) is 0 Å². The second-order valence-electron chi connectivity index (χ2n) is 5.84. The molecule has 0 aliphatic rings. The van der Waals surface area contributed by atoms with E-state index in [2.05, 4.69) is 10.5 Å². The van der Waals surface area contributed by atoms with Gasteiger partial charge < -0.3 is 19.5 Å². The van der Waals surface area contributed by atoms with E-state index in [0.717, 1.165) is 0 Å². The maximum absolute atomic E-state index is 12.3. The van der Waals surface area contributed by atoms with Crippen LogP contribution in [-0.2, 0) is 14.3 Å². The molecule has 2 amide bonds. The predicted octanol–water partition coefficient (Wildman–Crippen LogP) is 1.44. The number of hydrogen-bond donors (Lipinski definition) is 1. The molecule has 0 bridgehead atoms. The van der Waals surface area contributed by atoms with E-state index in [9.17, 15) is 9.59 Å². The molecule has 0 aliphatic heterocycles. The maximum Gasteiger partial charge on any atom is 0.245 e. The predicted molar refractivity (Wildman–Crippen MR) is 77.8 cm³/mol. The van der Waals surface area contributed by atoms with Gasteiger partial charge in [-0.1, -0.05) is 25.9 Å². The van der Waals surface area contributed by atoms with Gasteiger partial charge in [-0.2, -0.15) is 0 Å². The van der Waals surface area contributed by atoms with Crippen LogP contribution >= 0.6 is 0 Å². The van der Waals surface area contributed by atoms with Gasteiger partial charge in [0.25, 0.3) is 0 Å². The Morgan fingerprint density at radius 2 is 2.10 bits per heavy atom. The van der Waals surface area contributed by atoms with Crippen LogP contribution in [-0.4, -0.2) is 48.7 Å². The average molecular weight is 297 g/mol. The van der Waals surface area contributed by atoms with E-state index in [4.69, 9.17) is 9.26 Å². The van der Waals surface area contributed by atoms with Crippen LogP contribution in [0.1, 0.15) is 26.5 Å². The Balaban J connectivity index is 2.67. The first-order valence-corrected chi connectivity index (χ1v) is 6.75. The molecule has 0 spiro atoms. The monoisotopic (exact) mass is 297 g/mol. The zero-order chi connectivity index (χ0) is 16.0. The summed E-state index contributed by atoms with van der Waals surface area (Å²) >= 11 is 0. The van der Waals surface area contributed by atoms with Crippen molar-refractivity contribution in [3.05, 3.63) is 11.8 Å². The molecule has 1 aromatic rings. The molecule has 0 fully saturated rings. The lowest BCUT2D eigenvalue weighted by Gasteiger charge is -2.28. The van der Waals surface area contributed by atoms with Crippen LogP contribution in [0, 0.1) is 12.3 Å². The van der Waals surface area contributed by atoms with Gasteiger partial charge in [0.2, 0.25) is 11.8 Å². The van der Waals surface area contributed by atoms with Crippen LogP contribution in [0.4, 0.5) is 5.82 Å². The fourth-order valence-corrected chi connectivity index (χ4v) is 1.71. The molecule has 0 unspecified atom stereocenters. The molecular formula is C14H23N3O4. The number of rotatable bonds is 6. The topological polar surface area (TPSA) is 84.7 Å². The fourth-order valence-electron chi connectivity index (χ4n) is 1.71. The lowest BCUT2D eigenvalue weighted by molar-refractivity contribution is -0.142. The molecule has 0 radical (unpaired) electrons. The van der Waals surface area contributed by atoms with Crippen molar-refractivity contribution >= 4 is 17.6 Å². The summed E-state index contributed by atoms with van der Waals surface area (Å²) in [5.74, 6) is 0.516. The third-order valence-corrected chi connectivity index (χ3v) is 2.72. The van der Waals surface area contributed by atoms with Crippen molar-refractivity contribution < 1.29 is 18.8 Å². The van der Waals surface area contributed by atoms with Gasteiger partial charge in [-0.3, -0.25) is 9.59 Å². The zero-order valence-corrected chi connectivity index (χ0v) is 13.2. The number of amides is 2. The van der Waals surface area contributed by atoms with Crippen molar-refractivity contribution in [2.45, 2.75) is 27.7 Å². The lowest BCUT2D eigenvalue weighted by atomic mass is 9.94. The Hall–Kier alpha value is -1.89. The third kappa shape index (κ3) is 5.55. The Morgan fingerprint density at radius 1 is 1.43 bits per heavy atom. The minimum absolute atomic E-state index is 0.0502. The van der Waals surface area contributed by atoms with Crippen molar-refractivity contribution in [1.29, 1.82) is 0 Å². The second kappa shape index (κ2) is 7.21. The van der Waals surface area contributed by atoms with Crippen LogP contribution in [0.5, 0.6) is 0 Å². The summed E-state index contributed by atoms with van der Waals surface area (Å²) in [5.41, 5.74) is -0.557. The molecule has 7 heteroatoms. The van der Waals surface area contributed by atoms with Gasteiger partial charge in [0.15, 0.2) is 5.82 Å². The second-order valence-corrected chi connectivity index (χ2v) is 5.84. The summed E-state index contributed by atoms with van der Waals surface area (Å²) in [6.45, 7) is 7.86. The molecule has 1 heterocycles. The van der Waals surface area contributed by atoms with Crippen LogP contribution in [0.25, 0.3) is 0 Å². The maximum atomic E-state index is 12.3. The number of ether oxygens (including phenoxy) is 1. The number of anilines is 1. The van der Waals surface area contributed by atoms with Crippen molar-refractivity contribution in [2.75, 3.05) is 32.1 Å². The Bertz CT molecular complexity index is 491. The minimum atomic E-state index is -0.557. The number of aromatic nitrogens is 1. The van der Waals surface area contributed by atoms with E-state index in [1.807, 2.05) is 20.8 Å². The minimum Gasteiger partial charge on any atom is -0.383 e. The third-order valence-electron chi connectivity index (χ3n) is 2.72. The van der Waals surface area contributed by atoms with Crippen LogP contribution in [0.3, 0.4) is 0 Å². The molecular weight excluding hydrogens is 274 g/mol. The first-order chi connectivity index (χ1) is 9.74.